The molecule has 0 aromatic heterocycles. The molecule has 0 atom stereocenters. The number of nitro groups is 2. The molecule has 1 rings (SSSR count). The van der Waals surface area contributed by atoms with Crippen LogP contribution >= 0.6 is 0 Å². The fourth-order valence-corrected chi connectivity index (χ4v) is 1.99. The summed E-state index contributed by atoms with van der Waals surface area (Å²) >= 11 is 0. The zero-order chi connectivity index (χ0) is 15.8. The third-order valence-electron chi connectivity index (χ3n) is 3.29. The minimum absolute atomic E-state index is 0.223. The van der Waals surface area contributed by atoms with Crippen molar-refractivity contribution in [3.8, 4) is 0 Å². The molecule has 0 aliphatic heterocycles. The summed E-state index contributed by atoms with van der Waals surface area (Å²) in [5.41, 5.74) is -0.0433. The predicted octanol–water partition coefficient (Wildman–Crippen LogP) is 1.93. The van der Waals surface area contributed by atoms with E-state index in [0.717, 1.165) is 25.7 Å². The Balaban J connectivity index is 2.66. The number of hydrogen-bond acceptors (Lipinski definition) is 6. The lowest BCUT2D eigenvalue weighted by Crippen LogP contribution is -2.31. The Labute approximate surface area is 123 Å². The summed E-state index contributed by atoms with van der Waals surface area (Å²) in [6.45, 7) is 7.93. The van der Waals surface area contributed by atoms with Gasteiger partial charge in [-0.25, -0.2) is 0 Å². The lowest BCUT2D eigenvalue weighted by atomic mass is 10.1. The number of hydrogen-bond donors (Lipinski definition) is 1. The molecule has 8 nitrogen and oxygen atoms in total. The van der Waals surface area contributed by atoms with Gasteiger partial charge in [0.1, 0.15) is 0 Å². The number of non-ortho nitro benzene ring substituents is 1. The number of nitro benzene ring substituents is 2. The second-order valence-electron chi connectivity index (χ2n) is 4.53. The molecule has 21 heavy (non-hydrogen) atoms. The highest BCUT2D eigenvalue weighted by molar-refractivity contribution is 5.49. The van der Waals surface area contributed by atoms with Crippen LogP contribution in [0.1, 0.15) is 19.4 Å². The zero-order valence-electron chi connectivity index (χ0n) is 12.2. The van der Waals surface area contributed by atoms with Gasteiger partial charge in [0.15, 0.2) is 0 Å². The van der Waals surface area contributed by atoms with Gasteiger partial charge in [0.05, 0.1) is 15.9 Å². The minimum atomic E-state index is -0.634. The van der Waals surface area contributed by atoms with Crippen LogP contribution in [0.15, 0.2) is 18.2 Å². The van der Waals surface area contributed by atoms with E-state index in [-0.39, 0.29) is 11.4 Å². The maximum Gasteiger partial charge on any atom is 0.280 e. The summed E-state index contributed by atoms with van der Waals surface area (Å²) < 4.78 is 0. The van der Waals surface area contributed by atoms with Crippen LogP contribution in [0, 0.1) is 20.2 Å². The minimum Gasteiger partial charge on any atom is -0.311 e. The monoisotopic (exact) mass is 296 g/mol. The van der Waals surface area contributed by atoms with Gasteiger partial charge in [-0.1, -0.05) is 13.8 Å². The van der Waals surface area contributed by atoms with Gasteiger partial charge < -0.3 is 10.2 Å². The molecule has 0 saturated heterocycles. The van der Waals surface area contributed by atoms with Crippen molar-refractivity contribution in [2.45, 2.75) is 20.4 Å². The Morgan fingerprint density at radius 1 is 1.14 bits per heavy atom. The van der Waals surface area contributed by atoms with E-state index in [1.807, 2.05) is 0 Å². The van der Waals surface area contributed by atoms with Crippen LogP contribution in [0.2, 0.25) is 0 Å². The van der Waals surface area contributed by atoms with Crippen molar-refractivity contribution in [2.24, 2.45) is 0 Å². The zero-order valence-corrected chi connectivity index (χ0v) is 12.2. The van der Waals surface area contributed by atoms with Gasteiger partial charge in [-0.15, -0.1) is 0 Å². The normalized spacial score (nSPS) is 10.8. The molecule has 1 aromatic carbocycles. The van der Waals surface area contributed by atoms with Crippen LogP contribution in [0.4, 0.5) is 11.4 Å². The first-order chi connectivity index (χ1) is 9.99. The molecule has 0 amide bonds. The molecule has 0 heterocycles. The summed E-state index contributed by atoms with van der Waals surface area (Å²) in [6.07, 6.45) is 0. The maximum absolute atomic E-state index is 11.0. The highest BCUT2D eigenvalue weighted by Gasteiger charge is 2.18. The molecule has 1 N–H and O–H groups in total. The first kappa shape index (κ1) is 17.0. The van der Waals surface area contributed by atoms with Crippen LogP contribution in [0.3, 0.4) is 0 Å². The molecule has 0 saturated carbocycles. The molecule has 116 valence electrons. The molecule has 0 radical (unpaired) electrons. The van der Waals surface area contributed by atoms with E-state index in [2.05, 4.69) is 24.1 Å². The summed E-state index contributed by atoms with van der Waals surface area (Å²) in [4.78, 5) is 22.6. The first-order valence-corrected chi connectivity index (χ1v) is 6.84. The largest absolute Gasteiger partial charge is 0.311 e. The fourth-order valence-electron chi connectivity index (χ4n) is 1.99. The lowest BCUT2D eigenvalue weighted by molar-refractivity contribution is -0.394. The summed E-state index contributed by atoms with van der Waals surface area (Å²) in [7, 11) is 0. The summed E-state index contributed by atoms with van der Waals surface area (Å²) in [5.74, 6) is 0. The van der Waals surface area contributed by atoms with E-state index in [1.54, 1.807) is 0 Å². The Morgan fingerprint density at radius 2 is 1.81 bits per heavy atom. The van der Waals surface area contributed by atoms with Gasteiger partial charge in [0.2, 0.25) is 0 Å². The average molecular weight is 296 g/mol. The van der Waals surface area contributed by atoms with Crippen molar-refractivity contribution in [3.05, 3.63) is 44.0 Å². The van der Waals surface area contributed by atoms with Crippen molar-refractivity contribution in [1.29, 1.82) is 0 Å². The first-order valence-electron chi connectivity index (χ1n) is 6.84. The molecular formula is C13H20N4O4. The van der Waals surface area contributed by atoms with Crippen molar-refractivity contribution in [3.63, 3.8) is 0 Å². The molecule has 0 fully saturated rings. The van der Waals surface area contributed by atoms with Crippen molar-refractivity contribution >= 4 is 11.4 Å². The lowest BCUT2D eigenvalue weighted by Gasteiger charge is -2.17. The summed E-state index contributed by atoms with van der Waals surface area (Å²) in [5, 5.41) is 24.8. The van der Waals surface area contributed by atoms with Crippen molar-refractivity contribution < 1.29 is 9.85 Å². The van der Waals surface area contributed by atoms with Crippen molar-refractivity contribution in [2.75, 3.05) is 26.2 Å². The Kier molecular flexibility index (Phi) is 6.70. The van der Waals surface area contributed by atoms with E-state index in [9.17, 15) is 20.2 Å². The smallest absolute Gasteiger partial charge is 0.280 e. The molecule has 0 unspecified atom stereocenters. The van der Waals surface area contributed by atoms with Gasteiger partial charge in [-0.3, -0.25) is 20.2 Å². The fraction of sp³-hybridized carbons (Fsp3) is 0.538. The van der Waals surface area contributed by atoms with Gasteiger partial charge >= 0.3 is 0 Å². The van der Waals surface area contributed by atoms with E-state index in [4.69, 9.17) is 0 Å². The van der Waals surface area contributed by atoms with Gasteiger partial charge in [0, 0.05) is 31.3 Å². The summed E-state index contributed by atoms with van der Waals surface area (Å²) in [6, 6.07) is 3.72. The quantitative estimate of drug-likeness (QED) is 0.424. The standard InChI is InChI=1S/C13H20N4O4/c1-3-15(4-2)8-7-14-10-11-5-6-12(16(18)19)9-13(11)17(20)21/h5-6,9,14H,3-4,7-8,10H2,1-2H3. The Bertz CT molecular complexity index is 503. The SMILES string of the molecule is CCN(CC)CCNCc1ccc([N+](=O)[O-])cc1[N+](=O)[O-]. The van der Waals surface area contributed by atoms with E-state index >= 15 is 0 Å². The molecule has 0 aliphatic carbocycles. The third kappa shape index (κ3) is 5.09. The van der Waals surface area contributed by atoms with Crippen LogP contribution < -0.4 is 5.32 Å². The molecule has 8 heteroatoms. The third-order valence-corrected chi connectivity index (χ3v) is 3.29. The van der Waals surface area contributed by atoms with E-state index in [0.29, 0.717) is 18.7 Å². The second kappa shape index (κ2) is 8.28. The van der Waals surface area contributed by atoms with Crippen LogP contribution in [0.5, 0.6) is 0 Å². The Morgan fingerprint density at radius 3 is 2.33 bits per heavy atom. The van der Waals surface area contributed by atoms with Crippen LogP contribution in [-0.2, 0) is 6.54 Å². The molecule has 1 aromatic rings. The molecular weight excluding hydrogens is 276 g/mol. The number of rotatable bonds is 9. The molecule has 0 bridgehead atoms. The average Bonchev–Trinajstić information content (AvgIpc) is 2.47. The highest BCUT2D eigenvalue weighted by atomic mass is 16.6. The topological polar surface area (TPSA) is 102 Å². The number of likely N-dealkylation sites (N-methyl/N-ethyl adjacent to an activating group) is 1. The second-order valence-corrected chi connectivity index (χ2v) is 4.53. The van der Waals surface area contributed by atoms with E-state index < -0.39 is 9.85 Å². The molecule has 0 spiro atoms. The number of benzene rings is 1. The van der Waals surface area contributed by atoms with Crippen LogP contribution in [0.25, 0.3) is 0 Å². The predicted molar refractivity (Wildman–Crippen MR) is 79.2 cm³/mol. The van der Waals surface area contributed by atoms with Gasteiger partial charge in [-0.2, -0.15) is 0 Å². The van der Waals surface area contributed by atoms with E-state index in [1.165, 1.54) is 12.1 Å². The number of nitrogens with zero attached hydrogens (tertiary/aromatic N) is 3. The van der Waals surface area contributed by atoms with Gasteiger partial charge in [0.25, 0.3) is 11.4 Å². The van der Waals surface area contributed by atoms with Crippen molar-refractivity contribution in [1.82, 2.24) is 10.2 Å². The van der Waals surface area contributed by atoms with Gasteiger partial charge in [-0.05, 0) is 19.2 Å². The Hall–Kier alpha value is -2.06. The maximum atomic E-state index is 11.0. The number of nitrogens with one attached hydrogen (secondary N) is 1. The highest BCUT2D eigenvalue weighted by Crippen LogP contribution is 2.24. The molecule has 0 aliphatic rings. The van der Waals surface area contributed by atoms with Crippen LogP contribution in [-0.4, -0.2) is 40.9 Å².